The summed E-state index contributed by atoms with van der Waals surface area (Å²) in [4.78, 5) is 12.5. The molecule has 6 heteroatoms. The molecule has 0 atom stereocenters. The average molecular weight is 342 g/mol. The van der Waals surface area contributed by atoms with E-state index in [9.17, 15) is 4.79 Å². The van der Waals surface area contributed by atoms with E-state index in [4.69, 9.17) is 4.74 Å². The molecule has 0 bridgehead atoms. The summed E-state index contributed by atoms with van der Waals surface area (Å²) in [5, 5.41) is 13.5. The Labute approximate surface area is 148 Å². The number of aryl methyl sites for hydroxylation is 1. The number of carbonyl (C=O) groups excluding carboxylic acids is 1. The van der Waals surface area contributed by atoms with Crippen molar-refractivity contribution in [1.29, 1.82) is 0 Å². The lowest BCUT2D eigenvalue weighted by molar-refractivity contribution is 0.0510. The van der Waals surface area contributed by atoms with Gasteiger partial charge in [0.1, 0.15) is 5.69 Å². The van der Waals surface area contributed by atoms with Gasteiger partial charge >= 0.3 is 0 Å². The van der Waals surface area contributed by atoms with Crippen LogP contribution in [0.3, 0.4) is 0 Å². The van der Waals surface area contributed by atoms with Crippen LogP contribution >= 0.6 is 0 Å². The number of amides is 1. The van der Waals surface area contributed by atoms with Gasteiger partial charge < -0.3 is 15.4 Å². The molecule has 1 aliphatic rings. The molecule has 1 aromatic heterocycles. The number of carbonyl (C=O) groups is 1. The quantitative estimate of drug-likeness (QED) is 0.751. The number of rotatable bonds is 6. The van der Waals surface area contributed by atoms with Crippen molar-refractivity contribution in [3.63, 3.8) is 0 Å². The first-order chi connectivity index (χ1) is 12.1. The zero-order chi connectivity index (χ0) is 17.7. The Morgan fingerprint density at radius 3 is 2.68 bits per heavy atom. The number of hydrogen-bond acceptors (Lipinski definition) is 4. The number of nitrogens with zero attached hydrogens (tertiary/aromatic N) is 1. The van der Waals surface area contributed by atoms with Crippen LogP contribution in [0, 0.1) is 12.3 Å². The molecule has 0 aliphatic carbocycles. The van der Waals surface area contributed by atoms with Crippen molar-refractivity contribution < 1.29 is 9.53 Å². The average Bonchev–Trinajstić information content (AvgIpc) is 3.12. The van der Waals surface area contributed by atoms with Gasteiger partial charge in [-0.1, -0.05) is 29.8 Å². The van der Waals surface area contributed by atoms with Crippen molar-refractivity contribution in [2.75, 3.05) is 33.4 Å². The van der Waals surface area contributed by atoms with Gasteiger partial charge in [0.15, 0.2) is 0 Å². The monoisotopic (exact) mass is 342 g/mol. The molecule has 3 N–H and O–H groups in total. The number of aromatic amines is 1. The van der Waals surface area contributed by atoms with E-state index >= 15 is 0 Å². The molecule has 2 heterocycles. The van der Waals surface area contributed by atoms with E-state index < -0.39 is 0 Å². The fourth-order valence-electron chi connectivity index (χ4n) is 3.31. The minimum atomic E-state index is -0.125. The molecule has 1 aliphatic heterocycles. The van der Waals surface area contributed by atoms with Gasteiger partial charge in [-0.15, -0.1) is 0 Å². The summed E-state index contributed by atoms with van der Waals surface area (Å²) in [5.74, 6) is -0.125. The molecule has 0 radical (unpaired) electrons. The number of piperidine rings is 1. The molecule has 1 fully saturated rings. The van der Waals surface area contributed by atoms with E-state index in [0.717, 1.165) is 37.2 Å². The summed E-state index contributed by atoms with van der Waals surface area (Å²) in [6, 6.07) is 9.89. The largest absolute Gasteiger partial charge is 0.384 e. The Hall–Kier alpha value is -2.18. The van der Waals surface area contributed by atoms with E-state index in [-0.39, 0.29) is 11.3 Å². The number of benzene rings is 1. The number of methoxy groups -OCH3 is 1. The molecule has 0 saturated carbocycles. The zero-order valence-corrected chi connectivity index (χ0v) is 14.9. The fraction of sp³-hybridized carbons (Fsp3) is 0.474. The minimum absolute atomic E-state index is 0.00939. The molecule has 3 rings (SSSR count). The molecule has 1 saturated heterocycles. The van der Waals surface area contributed by atoms with Crippen molar-refractivity contribution in [3.05, 3.63) is 41.6 Å². The SMILES string of the molecule is COCC1(CNC(=O)c2cc(-c3ccc(C)cc3)n[nH]2)CCNCC1. The number of nitrogens with one attached hydrogen (secondary N) is 3. The number of aromatic nitrogens is 2. The lowest BCUT2D eigenvalue weighted by Gasteiger charge is -2.37. The van der Waals surface area contributed by atoms with Crippen LogP contribution < -0.4 is 10.6 Å². The number of hydrogen-bond donors (Lipinski definition) is 3. The topological polar surface area (TPSA) is 79.0 Å². The fourth-order valence-corrected chi connectivity index (χ4v) is 3.31. The summed E-state index contributed by atoms with van der Waals surface area (Å²) in [5.41, 5.74) is 3.46. The second-order valence-corrected chi connectivity index (χ2v) is 6.90. The predicted octanol–water partition coefficient (Wildman–Crippen LogP) is 2.13. The Morgan fingerprint density at radius 2 is 2.00 bits per heavy atom. The molecule has 1 amide bonds. The molecule has 134 valence electrons. The summed E-state index contributed by atoms with van der Waals surface area (Å²) in [6.45, 7) is 5.23. The Bertz CT molecular complexity index is 697. The van der Waals surface area contributed by atoms with Gasteiger partial charge in [0.05, 0.1) is 12.3 Å². The van der Waals surface area contributed by atoms with Gasteiger partial charge in [0.2, 0.25) is 0 Å². The lowest BCUT2D eigenvalue weighted by Crippen LogP contribution is -2.47. The third-order valence-electron chi connectivity index (χ3n) is 4.91. The van der Waals surface area contributed by atoms with E-state index in [0.29, 0.717) is 18.8 Å². The van der Waals surface area contributed by atoms with Crippen LogP contribution in [-0.2, 0) is 4.74 Å². The maximum Gasteiger partial charge on any atom is 0.269 e. The van der Waals surface area contributed by atoms with Crippen molar-refractivity contribution in [1.82, 2.24) is 20.8 Å². The summed E-state index contributed by atoms with van der Waals surface area (Å²) >= 11 is 0. The predicted molar refractivity (Wildman–Crippen MR) is 97.5 cm³/mol. The Kier molecular flexibility index (Phi) is 5.50. The van der Waals surface area contributed by atoms with Crippen molar-refractivity contribution in [3.8, 4) is 11.3 Å². The first-order valence-electron chi connectivity index (χ1n) is 8.72. The van der Waals surface area contributed by atoms with Gasteiger partial charge in [-0.25, -0.2) is 0 Å². The third kappa shape index (κ3) is 4.27. The van der Waals surface area contributed by atoms with Crippen LogP contribution in [0.5, 0.6) is 0 Å². The molecule has 0 unspecified atom stereocenters. The lowest BCUT2D eigenvalue weighted by atomic mass is 9.79. The normalized spacial score (nSPS) is 16.6. The van der Waals surface area contributed by atoms with Crippen LogP contribution in [0.4, 0.5) is 0 Å². The van der Waals surface area contributed by atoms with Crippen molar-refractivity contribution >= 4 is 5.91 Å². The van der Waals surface area contributed by atoms with Gasteiger partial charge in [-0.2, -0.15) is 5.10 Å². The number of ether oxygens (including phenoxy) is 1. The molecular weight excluding hydrogens is 316 g/mol. The molecule has 6 nitrogen and oxygen atoms in total. The van der Waals surface area contributed by atoms with E-state index in [1.165, 1.54) is 5.56 Å². The molecule has 2 aromatic rings. The smallest absolute Gasteiger partial charge is 0.269 e. The molecule has 25 heavy (non-hydrogen) atoms. The van der Waals surface area contributed by atoms with Gasteiger partial charge in [0, 0.05) is 24.6 Å². The molecular formula is C19H26N4O2. The number of H-pyrrole nitrogens is 1. The summed E-state index contributed by atoms with van der Waals surface area (Å²) < 4.78 is 5.40. The Balaban J connectivity index is 1.64. The van der Waals surface area contributed by atoms with Gasteiger partial charge in [0.25, 0.3) is 5.91 Å². The van der Waals surface area contributed by atoms with Crippen LogP contribution in [0.15, 0.2) is 30.3 Å². The second kappa shape index (κ2) is 7.80. The van der Waals surface area contributed by atoms with Crippen LogP contribution in [0.25, 0.3) is 11.3 Å². The zero-order valence-electron chi connectivity index (χ0n) is 14.9. The maximum absolute atomic E-state index is 12.5. The highest BCUT2D eigenvalue weighted by Gasteiger charge is 2.32. The maximum atomic E-state index is 12.5. The first-order valence-corrected chi connectivity index (χ1v) is 8.72. The van der Waals surface area contributed by atoms with E-state index in [2.05, 4.69) is 20.8 Å². The van der Waals surface area contributed by atoms with Gasteiger partial charge in [-0.05, 0) is 38.9 Å². The van der Waals surface area contributed by atoms with E-state index in [1.54, 1.807) is 13.2 Å². The van der Waals surface area contributed by atoms with Gasteiger partial charge in [-0.3, -0.25) is 9.89 Å². The van der Waals surface area contributed by atoms with Crippen LogP contribution in [-0.4, -0.2) is 49.5 Å². The van der Waals surface area contributed by atoms with Crippen molar-refractivity contribution in [2.24, 2.45) is 5.41 Å². The Morgan fingerprint density at radius 1 is 1.28 bits per heavy atom. The molecule has 0 spiro atoms. The minimum Gasteiger partial charge on any atom is -0.384 e. The van der Waals surface area contributed by atoms with E-state index in [1.807, 2.05) is 31.2 Å². The second-order valence-electron chi connectivity index (χ2n) is 6.90. The van der Waals surface area contributed by atoms with Crippen molar-refractivity contribution in [2.45, 2.75) is 19.8 Å². The highest BCUT2D eigenvalue weighted by molar-refractivity contribution is 5.93. The summed E-state index contributed by atoms with van der Waals surface area (Å²) in [6.07, 6.45) is 2.00. The third-order valence-corrected chi connectivity index (χ3v) is 4.91. The van der Waals surface area contributed by atoms with Crippen LogP contribution in [0.2, 0.25) is 0 Å². The highest BCUT2D eigenvalue weighted by Crippen LogP contribution is 2.28. The highest BCUT2D eigenvalue weighted by atomic mass is 16.5. The standard InChI is InChI=1S/C19H26N4O2/c1-14-3-5-15(6-4-14)16-11-17(23-22-16)18(24)21-12-19(13-25-2)7-9-20-10-8-19/h3-6,11,20H,7-10,12-13H2,1-2H3,(H,21,24)(H,22,23). The van der Waals surface area contributed by atoms with Crippen LogP contribution in [0.1, 0.15) is 28.9 Å². The molecule has 1 aromatic carbocycles. The first kappa shape index (κ1) is 17.6. The summed E-state index contributed by atoms with van der Waals surface area (Å²) in [7, 11) is 1.72.